The molecule has 116 valence electrons. The third kappa shape index (κ3) is 4.25. The summed E-state index contributed by atoms with van der Waals surface area (Å²) in [4.78, 5) is 12.1. The number of carbonyl (C=O) groups excluding carboxylic acids is 1. The maximum Gasteiger partial charge on any atom is 0.266 e. The molecule has 0 radical (unpaired) electrons. The fraction of sp³-hybridized carbons (Fsp3) is 0.0588. The molecule has 0 aromatic heterocycles. The first-order chi connectivity index (χ1) is 11.0. The van der Waals surface area contributed by atoms with Crippen molar-refractivity contribution in [1.82, 2.24) is 0 Å². The molecule has 0 fully saturated rings. The minimum Gasteiger partial charge on any atom is -0.506 e. The van der Waals surface area contributed by atoms with E-state index in [0.29, 0.717) is 17.0 Å². The SMILES string of the molecule is COc1ccc(NC(=O)C(C#N)=Cc2ccc(O)c(Cl)c2)cc1. The van der Waals surface area contributed by atoms with Crippen LogP contribution < -0.4 is 10.1 Å². The Morgan fingerprint density at radius 1 is 1.30 bits per heavy atom. The van der Waals surface area contributed by atoms with Gasteiger partial charge in [0.25, 0.3) is 5.91 Å². The van der Waals surface area contributed by atoms with Crippen molar-refractivity contribution in [2.45, 2.75) is 0 Å². The lowest BCUT2D eigenvalue weighted by Gasteiger charge is -2.06. The number of halogens is 1. The zero-order chi connectivity index (χ0) is 16.8. The Morgan fingerprint density at radius 2 is 2.00 bits per heavy atom. The van der Waals surface area contributed by atoms with Gasteiger partial charge < -0.3 is 15.2 Å². The maximum atomic E-state index is 12.1. The lowest BCUT2D eigenvalue weighted by Crippen LogP contribution is -2.13. The molecule has 0 bridgehead atoms. The number of nitrogens with zero attached hydrogens (tertiary/aromatic N) is 1. The summed E-state index contributed by atoms with van der Waals surface area (Å²) in [5.41, 5.74) is 0.998. The lowest BCUT2D eigenvalue weighted by atomic mass is 10.1. The highest BCUT2D eigenvalue weighted by Gasteiger charge is 2.10. The molecular formula is C17H13ClN2O3. The second kappa shape index (κ2) is 7.34. The average molecular weight is 329 g/mol. The molecule has 0 aliphatic carbocycles. The molecule has 23 heavy (non-hydrogen) atoms. The summed E-state index contributed by atoms with van der Waals surface area (Å²) in [7, 11) is 1.55. The van der Waals surface area contributed by atoms with Crippen LogP contribution in [0.15, 0.2) is 48.0 Å². The first kappa shape index (κ1) is 16.4. The fourth-order valence-corrected chi connectivity index (χ4v) is 1.99. The van der Waals surface area contributed by atoms with E-state index in [-0.39, 0.29) is 16.3 Å². The average Bonchev–Trinajstić information content (AvgIpc) is 2.56. The third-order valence-corrected chi connectivity index (χ3v) is 3.30. The van der Waals surface area contributed by atoms with Crippen LogP contribution in [0.1, 0.15) is 5.56 Å². The van der Waals surface area contributed by atoms with Crippen LogP contribution in [-0.2, 0) is 4.79 Å². The molecule has 2 aromatic rings. The molecule has 0 aliphatic rings. The Morgan fingerprint density at radius 3 is 2.57 bits per heavy atom. The van der Waals surface area contributed by atoms with Gasteiger partial charge >= 0.3 is 0 Å². The molecule has 2 aromatic carbocycles. The first-order valence-electron chi connectivity index (χ1n) is 6.59. The van der Waals surface area contributed by atoms with Crippen LogP contribution in [0.25, 0.3) is 6.08 Å². The second-order valence-corrected chi connectivity index (χ2v) is 4.97. The zero-order valence-corrected chi connectivity index (χ0v) is 13.0. The summed E-state index contributed by atoms with van der Waals surface area (Å²) in [6.45, 7) is 0. The number of aromatic hydroxyl groups is 1. The summed E-state index contributed by atoms with van der Waals surface area (Å²) in [5.74, 6) is 0.0599. The number of phenols is 1. The normalized spacial score (nSPS) is 10.7. The molecule has 0 saturated heterocycles. The van der Waals surface area contributed by atoms with Crippen LogP contribution in [0.4, 0.5) is 5.69 Å². The van der Waals surface area contributed by atoms with E-state index in [0.717, 1.165) is 0 Å². The summed E-state index contributed by atoms with van der Waals surface area (Å²) in [6, 6.07) is 13.0. The summed E-state index contributed by atoms with van der Waals surface area (Å²) in [5, 5.41) is 21.3. The monoisotopic (exact) mass is 328 g/mol. The number of amides is 1. The number of hydrogen-bond acceptors (Lipinski definition) is 4. The quantitative estimate of drug-likeness (QED) is 0.663. The van der Waals surface area contributed by atoms with Gasteiger partial charge in [-0.3, -0.25) is 4.79 Å². The number of anilines is 1. The number of ether oxygens (including phenoxy) is 1. The van der Waals surface area contributed by atoms with Crippen LogP contribution >= 0.6 is 11.6 Å². The van der Waals surface area contributed by atoms with Crippen molar-refractivity contribution >= 4 is 29.3 Å². The Balaban J connectivity index is 2.18. The van der Waals surface area contributed by atoms with Gasteiger partial charge in [0.2, 0.25) is 0 Å². The summed E-state index contributed by atoms with van der Waals surface area (Å²) in [6.07, 6.45) is 1.39. The molecule has 6 heteroatoms. The minimum absolute atomic E-state index is 0.0648. The van der Waals surface area contributed by atoms with Crippen LogP contribution in [0.5, 0.6) is 11.5 Å². The maximum absolute atomic E-state index is 12.1. The standard InChI is InChI=1S/C17H13ClN2O3/c1-23-14-5-3-13(4-6-14)20-17(22)12(10-19)8-11-2-7-16(21)15(18)9-11/h2-9,21H,1H3,(H,20,22). The molecular weight excluding hydrogens is 316 g/mol. The Bertz CT molecular complexity index is 792. The number of nitrogens with one attached hydrogen (secondary N) is 1. The number of phenolic OH excluding ortho intramolecular Hbond substituents is 1. The predicted molar refractivity (Wildman–Crippen MR) is 88.3 cm³/mol. The van der Waals surface area contributed by atoms with Gasteiger partial charge in [-0.25, -0.2) is 0 Å². The van der Waals surface area contributed by atoms with Gasteiger partial charge in [0.15, 0.2) is 0 Å². The molecule has 0 aliphatic heterocycles. The van der Waals surface area contributed by atoms with E-state index < -0.39 is 5.91 Å². The zero-order valence-electron chi connectivity index (χ0n) is 12.2. The highest BCUT2D eigenvalue weighted by Crippen LogP contribution is 2.25. The lowest BCUT2D eigenvalue weighted by molar-refractivity contribution is -0.112. The van der Waals surface area contributed by atoms with Crippen molar-refractivity contribution in [1.29, 1.82) is 5.26 Å². The van der Waals surface area contributed by atoms with Gasteiger partial charge in [-0.1, -0.05) is 17.7 Å². The van der Waals surface area contributed by atoms with Gasteiger partial charge in [0.05, 0.1) is 12.1 Å². The molecule has 0 unspecified atom stereocenters. The van der Waals surface area contributed by atoms with Gasteiger partial charge in [-0.15, -0.1) is 0 Å². The number of carbonyl (C=O) groups is 1. The topological polar surface area (TPSA) is 82.3 Å². The van der Waals surface area contributed by atoms with E-state index >= 15 is 0 Å². The van der Waals surface area contributed by atoms with Crippen molar-refractivity contribution in [2.24, 2.45) is 0 Å². The van der Waals surface area contributed by atoms with E-state index in [9.17, 15) is 9.90 Å². The summed E-state index contributed by atoms with van der Waals surface area (Å²) < 4.78 is 5.03. The Hall–Kier alpha value is -2.97. The molecule has 5 nitrogen and oxygen atoms in total. The highest BCUT2D eigenvalue weighted by molar-refractivity contribution is 6.32. The van der Waals surface area contributed by atoms with Crippen LogP contribution in [0.2, 0.25) is 5.02 Å². The van der Waals surface area contributed by atoms with Crippen molar-refractivity contribution in [3.05, 3.63) is 58.6 Å². The Kier molecular flexibility index (Phi) is 5.23. The molecule has 1 amide bonds. The minimum atomic E-state index is -0.540. The van der Waals surface area contributed by atoms with Crippen molar-refractivity contribution in [2.75, 3.05) is 12.4 Å². The van der Waals surface area contributed by atoms with Crippen molar-refractivity contribution < 1.29 is 14.6 Å². The molecule has 2 N–H and O–H groups in total. The van der Waals surface area contributed by atoms with Crippen LogP contribution in [0.3, 0.4) is 0 Å². The van der Waals surface area contributed by atoms with Crippen LogP contribution in [0, 0.1) is 11.3 Å². The van der Waals surface area contributed by atoms with Gasteiger partial charge in [0, 0.05) is 5.69 Å². The summed E-state index contributed by atoms with van der Waals surface area (Å²) >= 11 is 5.80. The van der Waals surface area contributed by atoms with Gasteiger partial charge in [0.1, 0.15) is 23.1 Å². The number of nitriles is 1. The van der Waals surface area contributed by atoms with Gasteiger partial charge in [-0.05, 0) is 48.0 Å². The van der Waals surface area contributed by atoms with E-state index in [2.05, 4.69) is 5.32 Å². The molecule has 2 rings (SSSR count). The third-order valence-electron chi connectivity index (χ3n) is 3.00. The van der Waals surface area contributed by atoms with Gasteiger partial charge in [-0.2, -0.15) is 5.26 Å². The Labute approximate surface area is 138 Å². The molecule has 0 heterocycles. The molecule has 0 spiro atoms. The van der Waals surface area contributed by atoms with E-state index in [4.69, 9.17) is 21.6 Å². The number of rotatable bonds is 4. The molecule has 0 saturated carbocycles. The predicted octanol–water partition coefficient (Wildman–Crippen LogP) is 3.60. The van der Waals surface area contributed by atoms with E-state index in [1.54, 1.807) is 37.4 Å². The highest BCUT2D eigenvalue weighted by atomic mass is 35.5. The van der Waals surface area contributed by atoms with E-state index in [1.165, 1.54) is 18.2 Å². The van der Waals surface area contributed by atoms with E-state index in [1.807, 2.05) is 6.07 Å². The number of methoxy groups -OCH3 is 1. The number of benzene rings is 2. The smallest absolute Gasteiger partial charge is 0.266 e. The molecule has 0 atom stereocenters. The fourth-order valence-electron chi connectivity index (χ4n) is 1.80. The first-order valence-corrected chi connectivity index (χ1v) is 6.97. The largest absolute Gasteiger partial charge is 0.506 e. The second-order valence-electron chi connectivity index (χ2n) is 4.56. The van der Waals surface area contributed by atoms with Crippen molar-refractivity contribution in [3.63, 3.8) is 0 Å². The van der Waals surface area contributed by atoms with Crippen molar-refractivity contribution in [3.8, 4) is 17.6 Å². The van der Waals surface area contributed by atoms with Crippen LogP contribution in [-0.4, -0.2) is 18.1 Å². The number of hydrogen-bond donors (Lipinski definition) is 2.